The number of carbonyl (C=O) groups is 1. The van der Waals surface area contributed by atoms with E-state index in [4.69, 9.17) is 5.11 Å². The fourth-order valence-corrected chi connectivity index (χ4v) is 4.19. The van der Waals surface area contributed by atoms with Gasteiger partial charge in [0.1, 0.15) is 0 Å². The second-order valence-electron chi connectivity index (χ2n) is 4.90. The third kappa shape index (κ3) is 3.56. The molecular weight excluding hydrogens is 314 g/mol. The molecule has 0 aromatic carbocycles. The van der Waals surface area contributed by atoms with Crippen LogP contribution in [0.5, 0.6) is 0 Å². The quantitative estimate of drug-likeness (QED) is 0.886. The maximum absolute atomic E-state index is 10.9. The van der Waals surface area contributed by atoms with Crippen molar-refractivity contribution in [2.75, 3.05) is 0 Å². The van der Waals surface area contributed by atoms with E-state index in [0.29, 0.717) is 6.04 Å². The van der Waals surface area contributed by atoms with Gasteiger partial charge in [0.15, 0.2) is 0 Å². The van der Waals surface area contributed by atoms with Crippen LogP contribution < -0.4 is 5.32 Å². The zero-order valence-electron chi connectivity index (χ0n) is 10.4. The summed E-state index contributed by atoms with van der Waals surface area (Å²) in [7, 11) is 0. The smallest absolute Gasteiger partial charge is 0.306 e. The molecule has 18 heavy (non-hydrogen) atoms. The molecule has 0 aliphatic heterocycles. The highest BCUT2D eigenvalue weighted by atomic mass is 79.9. The van der Waals surface area contributed by atoms with Gasteiger partial charge in [0.2, 0.25) is 0 Å². The Morgan fingerprint density at radius 3 is 2.67 bits per heavy atom. The Labute approximate surface area is 120 Å². The Morgan fingerprint density at radius 2 is 2.17 bits per heavy atom. The molecule has 1 aromatic rings. The zero-order valence-corrected chi connectivity index (χ0v) is 12.8. The van der Waals surface area contributed by atoms with Gasteiger partial charge in [0.25, 0.3) is 0 Å². The molecule has 0 unspecified atom stereocenters. The summed E-state index contributed by atoms with van der Waals surface area (Å²) < 4.78 is 1.18. The molecule has 0 saturated heterocycles. The summed E-state index contributed by atoms with van der Waals surface area (Å²) >= 11 is 5.37. The second-order valence-corrected chi connectivity index (χ2v) is 7.09. The molecule has 1 aromatic heterocycles. The average Bonchev–Trinajstić information content (AvgIpc) is 2.66. The lowest BCUT2D eigenvalue weighted by atomic mass is 9.86. The van der Waals surface area contributed by atoms with Gasteiger partial charge in [-0.3, -0.25) is 4.79 Å². The number of thiophene rings is 1. The minimum Gasteiger partial charge on any atom is -0.481 e. The Kier molecular flexibility index (Phi) is 4.81. The van der Waals surface area contributed by atoms with Crippen molar-refractivity contribution in [1.82, 2.24) is 5.32 Å². The van der Waals surface area contributed by atoms with E-state index >= 15 is 0 Å². The summed E-state index contributed by atoms with van der Waals surface area (Å²) in [4.78, 5) is 13.5. The van der Waals surface area contributed by atoms with Gasteiger partial charge in [-0.2, -0.15) is 0 Å². The minimum absolute atomic E-state index is 0.126. The van der Waals surface area contributed by atoms with E-state index in [2.05, 4.69) is 34.2 Å². The SMILES string of the molecule is Cc1cc(Br)c(CNC2CCC(C(=O)O)CC2)s1. The van der Waals surface area contributed by atoms with Gasteiger partial charge < -0.3 is 10.4 Å². The van der Waals surface area contributed by atoms with Crippen molar-refractivity contribution in [3.8, 4) is 0 Å². The molecule has 0 radical (unpaired) electrons. The number of rotatable bonds is 4. The summed E-state index contributed by atoms with van der Waals surface area (Å²) in [5.41, 5.74) is 0. The molecule has 1 fully saturated rings. The summed E-state index contributed by atoms with van der Waals surface area (Å²) in [6.07, 6.45) is 3.55. The molecule has 1 saturated carbocycles. The van der Waals surface area contributed by atoms with Crippen LogP contribution in [0.4, 0.5) is 0 Å². The highest BCUT2D eigenvalue weighted by Gasteiger charge is 2.25. The fourth-order valence-electron chi connectivity index (χ4n) is 2.43. The van der Waals surface area contributed by atoms with E-state index in [9.17, 15) is 4.79 Å². The van der Waals surface area contributed by atoms with Gasteiger partial charge in [-0.05, 0) is 54.6 Å². The van der Waals surface area contributed by atoms with E-state index in [1.165, 1.54) is 14.2 Å². The summed E-state index contributed by atoms with van der Waals surface area (Å²) in [6.45, 7) is 2.98. The molecular formula is C13H18BrNO2S. The maximum Gasteiger partial charge on any atom is 0.306 e. The molecule has 5 heteroatoms. The molecule has 1 aliphatic rings. The van der Waals surface area contributed by atoms with Crippen molar-refractivity contribution >= 4 is 33.2 Å². The van der Waals surface area contributed by atoms with Crippen LogP contribution in [-0.2, 0) is 11.3 Å². The highest BCUT2D eigenvalue weighted by Crippen LogP contribution is 2.28. The first kappa shape index (κ1) is 14.0. The maximum atomic E-state index is 10.9. The molecule has 0 atom stereocenters. The number of carboxylic acid groups (broad SMARTS) is 1. The van der Waals surface area contributed by atoms with Crippen LogP contribution in [-0.4, -0.2) is 17.1 Å². The second kappa shape index (κ2) is 6.17. The Hall–Kier alpha value is -0.390. The van der Waals surface area contributed by atoms with Gasteiger partial charge in [-0.25, -0.2) is 0 Å². The van der Waals surface area contributed by atoms with Crippen molar-refractivity contribution in [3.05, 3.63) is 20.3 Å². The van der Waals surface area contributed by atoms with E-state index < -0.39 is 5.97 Å². The van der Waals surface area contributed by atoms with Crippen LogP contribution in [0.1, 0.15) is 35.4 Å². The molecule has 1 heterocycles. The minimum atomic E-state index is -0.634. The first-order valence-electron chi connectivity index (χ1n) is 6.27. The van der Waals surface area contributed by atoms with Crippen molar-refractivity contribution in [2.45, 2.75) is 45.2 Å². The summed E-state index contributed by atoms with van der Waals surface area (Å²) in [5, 5.41) is 12.5. The lowest BCUT2D eigenvalue weighted by molar-refractivity contribution is -0.142. The number of aryl methyl sites for hydroxylation is 1. The van der Waals surface area contributed by atoms with Gasteiger partial charge in [-0.1, -0.05) is 0 Å². The number of halogens is 1. The number of hydrogen-bond acceptors (Lipinski definition) is 3. The van der Waals surface area contributed by atoms with E-state index in [1.54, 1.807) is 11.3 Å². The van der Waals surface area contributed by atoms with Gasteiger partial charge in [0.05, 0.1) is 5.92 Å². The van der Waals surface area contributed by atoms with Crippen LogP contribution in [0.2, 0.25) is 0 Å². The zero-order chi connectivity index (χ0) is 13.1. The van der Waals surface area contributed by atoms with E-state index in [0.717, 1.165) is 32.2 Å². The predicted molar refractivity (Wildman–Crippen MR) is 77.0 cm³/mol. The largest absolute Gasteiger partial charge is 0.481 e. The Balaban J connectivity index is 1.79. The van der Waals surface area contributed by atoms with Crippen LogP contribution in [0.3, 0.4) is 0 Å². The molecule has 0 amide bonds. The molecule has 0 spiro atoms. The normalized spacial score (nSPS) is 24.1. The fraction of sp³-hybridized carbons (Fsp3) is 0.615. The number of hydrogen-bond donors (Lipinski definition) is 2. The molecule has 2 N–H and O–H groups in total. The van der Waals surface area contributed by atoms with Gasteiger partial charge in [-0.15, -0.1) is 11.3 Å². The average molecular weight is 332 g/mol. The van der Waals surface area contributed by atoms with Crippen LogP contribution in [0.15, 0.2) is 10.5 Å². The van der Waals surface area contributed by atoms with Crippen molar-refractivity contribution in [3.63, 3.8) is 0 Å². The van der Waals surface area contributed by atoms with Crippen molar-refractivity contribution < 1.29 is 9.90 Å². The monoisotopic (exact) mass is 331 g/mol. The molecule has 100 valence electrons. The third-order valence-corrected chi connectivity index (χ3v) is 5.53. The van der Waals surface area contributed by atoms with Crippen molar-refractivity contribution in [1.29, 1.82) is 0 Å². The van der Waals surface area contributed by atoms with E-state index in [-0.39, 0.29) is 5.92 Å². The number of nitrogens with one attached hydrogen (secondary N) is 1. The first-order valence-corrected chi connectivity index (χ1v) is 7.88. The Morgan fingerprint density at radius 1 is 1.50 bits per heavy atom. The predicted octanol–water partition coefficient (Wildman–Crippen LogP) is 3.55. The van der Waals surface area contributed by atoms with Crippen LogP contribution in [0, 0.1) is 12.8 Å². The third-order valence-electron chi connectivity index (χ3n) is 3.51. The highest BCUT2D eigenvalue weighted by molar-refractivity contribution is 9.10. The van der Waals surface area contributed by atoms with Gasteiger partial charge in [0, 0.05) is 26.8 Å². The standard InChI is InChI=1S/C13H18BrNO2S/c1-8-6-11(14)12(18-8)7-15-10-4-2-9(3-5-10)13(16)17/h6,9-10,15H,2-5,7H2,1H3,(H,16,17). The molecule has 2 rings (SSSR count). The first-order chi connectivity index (χ1) is 8.56. The van der Waals surface area contributed by atoms with Crippen LogP contribution in [0.25, 0.3) is 0 Å². The molecule has 1 aliphatic carbocycles. The summed E-state index contributed by atoms with van der Waals surface area (Å²) in [5.74, 6) is -0.760. The lowest BCUT2D eigenvalue weighted by Gasteiger charge is -2.26. The lowest BCUT2D eigenvalue weighted by Crippen LogP contribution is -2.34. The topological polar surface area (TPSA) is 49.3 Å². The Bertz CT molecular complexity index is 425. The van der Waals surface area contributed by atoms with Crippen molar-refractivity contribution in [2.24, 2.45) is 5.92 Å². The molecule has 3 nitrogen and oxygen atoms in total. The van der Waals surface area contributed by atoms with E-state index in [1.807, 2.05) is 0 Å². The number of aliphatic carboxylic acids is 1. The molecule has 0 bridgehead atoms. The summed E-state index contributed by atoms with van der Waals surface area (Å²) in [6, 6.07) is 2.61. The van der Waals surface area contributed by atoms with Gasteiger partial charge >= 0.3 is 5.97 Å². The van der Waals surface area contributed by atoms with Crippen LogP contribution >= 0.6 is 27.3 Å². The number of carboxylic acids is 1.